The Morgan fingerprint density at radius 2 is 2.28 bits per heavy atom. The third-order valence-corrected chi connectivity index (χ3v) is 5.32. The van der Waals surface area contributed by atoms with E-state index in [-0.39, 0.29) is 18.1 Å². The second kappa shape index (κ2) is 9.88. The van der Waals surface area contributed by atoms with E-state index in [0.717, 1.165) is 30.8 Å². The summed E-state index contributed by atoms with van der Waals surface area (Å²) in [4.78, 5) is 11.5. The first-order chi connectivity index (χ1) is 15.5. The minimum absolute atomic E-state index is 0.0888. The fraction of sp³-hybridized carbons (Fsp3) is 0.476. The molecule has 1 aliphatic rings. The van der Waals surface area contributed by atoms with Gasteiger partial charge in [0.15, 0.2) is 11.6 Å². The van der Waals surface area contributed by atoms with Gasteiger partial charge in [0.05, 0.1) is 18.7 Å². The fourth-order valence-electron chi connectivity index (χ4n) is 3.82. The number of carbonyl (C=O) groups excluding carboxylic acids is 1. The number of hydrogen-bond donors (Lipinski definition) is 2. The molecule has 0 spiro atoms. The zero-order valence-corrected chi connectivity index (χ0v) is 18.3. The molecule has 0 aromatic carbocycles. The van der Waals surface area contributed by atoms with Crippen LogP contribution in [0.3, 0.4) is 0 Å². The van der Waals surface area contributed by atoms with Gasteiger partial charge in [-0.2, -0.15) is 5.10 Å². The molecule has 11 heteroatoms. The lowest BCUT2D eigenvalue weighted by Gasteiger charge is -2.19. The molecular formula is C21H28N8O3. The zero-order chi connectivity index (χ0) is 22.5. The lowest BCUT2D eigenvalue weighted by molar-refractivity contribution is -0.116. The first kappa shape index (κ1) is 21.9. The minimum Gasteiger partial charge on any atom is -0.460 e. The lowest BCUT2D eigenvalue weighted by Crippen LogP contribution is -2.35. The van der Waals surface area contributed by atoms with Crippen molar-refractivity contribution in [3.63, 3.8) is 0 Å². The van der Waals surface area contributed by atoms with Crippen LogP contribution in [0.4, 0.5) is 0 Å². The normalized spacial score (nSPS) is 16.9. The van der Waals surface area contributed by atoms with Gasteiger partial charge < -0.3 is 19.8 Å². The van der Waals surface area contributed by atoms with E-state index in [9.17, 15) is 4.79 Å². The van der Waals surface area contributed by atoms with E-state index in [4.69, 9.17) is 9.15 Å². The number of furan rings is 1. The smallest absolute Gasteiger partial charge is 0.243 e. The summed E-state index contributed by atoms with van der Waals surface area (Å²) in [6.07, 6.45) is 5.29. The summed E-state index contributed by atoms with van der Waals surface area (Å²) in [6, 6.07) is 3.43. The van der Waals surface area contributed by atoms with Crippen molar-refractivity contribution < 1.29 is 13.9 Å². The van der Waals surface area contributed by atoms with Crippen LogP contribution < -0.4 is 10.6 Å². The number of nitrogens with zero attached hydrogens (tertiary/aromatic N) is 6. The predicted molar refractivity (Wildman–Crippen MR) is 115 cm³/mol. The summed E-state index contributed by atoms with van der Waals surface area (Å²) in [5, 5.41) is 23.3. The van der Waals surface area contributed by atoms with Gasteiger partial charge in [-0.15, -0.1) is 5.10 Å². The van der Waals surface area contributed by atoms with E-state index >= 15 is 0 Å². The number of amides is 1. The SMILES string of the molecule is C=CC(=O)NCCNC(c1cn(C)nc1-c1ccc(C)o1)c1nnnn1CC1CCCO1. The number of aromatic nitrogens is 6. The monoisotopic (exact) mass is 440 g/mol. The van der Waals surface area contributed by atoms with Crippen LogP contribution >= 0.6 is 0 Å². The minimum atomic E-state index is -0.374. The molecule has 1 fully saturated rings. The fourth-order valence-corrected chi connectivity index (χ4v) is 3.82. The summed E-state index contributed by atoms with van der Waals surface area (Å²) in [5.41, 5.74) is 1.58. The molecule has 0 radical (unpaired) electrons. The zero-order valence-electron chi connectivity index (χ0n) is 18.3. The molecule has 4 rings (SSSR count). The van der Waals surface area contributed by atoms with E-state index in [1.54, 1.807) is 9.36 Å². The van der Waals surface area contributed by atoms with Crippen molar-refractivity contribution in [3.8, 4) is 11.5 Å². The summed E-state index contributed by atoms with van der Waals surface area (Å²) in [5.74, 6) is 1.90. The maximum absolute atomic E-state index is 11.5. The molecular weight excluding hydrogens is 412 g/mol. The first-order valence-corrected chi connectivity index (χ1v) is 10.7. The molecule has 1 aliphatic heterocycles. The molecule has 3 aromatic rings. The third-order valence-electron chi connectivity index (χ3n) is 5.32. The second-order valence-corrected chi connectivity index (χ2v) is 7.75. The number of carbonyl (C=O) groups is 1. The average Bonchev–Trinajstić information content (AvgIpc) is 3.57. The van der Waals surface area contributed by atoms with Crippen LogP contribution in [-0.2, 0) is 23.1 Å². The molecule has 3 aromatic heterocycles. The van der Waals surface area contributed by atoms with Crippen molar-refractivity contribution in [1.82, 2.24) is 40.6 Å². The van der Waals surface area contributed by atoms with Crippen LogP contribution in [0.25, 0.3) is 11.5 Å². The summed E-state index contributed by atoms with van der Waals surface area (Å²) < 4.78 is 15.1. The number of nitrogens with one attached hydrogen (secondary N) is 2. The second-order valence-electron chi connectivity index (χ2n) is 7.75. The van der Waals surface area contributed by atoms with Gasteiger partial charge in [-0.1, -0.05) is 6.58 Å². The van der Waals surface area contributed by atoms with Crippen molar-refractivity contribution in [2.24, 2.45) is 7.05 Å². The Bertz CT molecular complexity index is 1060. The highest BCUT2D eigenvalue weighted by molar-refractivity contribution is 5.86. The molecule has 170 valence electrons. The van der Waals surface area contributed by atoms with E-state index in [1.165, 1.54) is 6.08 Å². The molecule has 0 saturated carbocycles. The van der Waals surface area contributed by atoms with Gasteiger partial charge in [-0.05, 0) is 48.4 Å². The van der Waals surface area contributed by atoms with Gasteiger partial charge in [-0.3, -0.25) is 9.48 Å². The lowest BCUT2D eigenvalue weighted by atomic mass is 10.1. The standard InChI is InChI=1S/C21H28N8O3/c1-4-18(30)22-9-10-23-20(21-24-26-27-29(21)12-15-6-5-11-31-15)16-13-28(3)25-19(16)17-8-7-14(2)32-17/h4,7-8,13,15,20,23H,1,5-6,9-12H2,2-3H3,(H,22,30). The Balaban J connectivity index is 1.64. The number of hydrogen-bond acceptors (Lipinski definition) is 8. The van der Waals surface area contributed by atoms with Crippen LogP contribution in [0, 0.1) is 6.92 Å². The van der Waals surface area contributed by atoms with Crippen molar-refractivity contribution in [2.45, 2.75) is 38.5 Å². The maximum Gasteiger partial charge on any atom is 0.243 e. The summed E-state index contributed by atoms with van der Waals surface area (Å²) >= 11 is 0. The number of ether oxygens (including phenoxy) is 1. The Kier molecular flexibility index (Phi) is 6.76. The van der Waals surface area contributed by atoms with Gasteiger partial charge in [0.2, 0.25) is 5.91 Å². The Labute approximate surface area is 185 Å². The van der Waals surface area contributed by atoms with Gasteiger partial charge in [0, 0.05) is 38.5 Å². The Morgan fingerprint density at radius 3 is 3.00 bits per heavy atom. The largest absolute Gasteiger partial charge is 0.460 e. The van der Waals surface area contributed by atoms with Crippen LogP contribution in [0.1, 0.15) is 36.0 Å². The highest BCUT2D eigenvalue weighted by Crippen LogP contribution is 2.31. The summed E-state index contributed by atoms with van der Waals surface area (Å²) in [7, 11) is 1.86. The predicted octanol–water partition coefficient (Wildman–Crippen LogP) is 1.14. The third kappa shape index (κ3) is 4.94. The highest BCUT2D eigenvalue weighted by Gasteiger charge is 2.29. The molecule has 2 atom stereocenters. The van der Waals surface area contributed by atoms with E-state index in [2.05, 4.69) is 37.8 Å². The van der Waals surface area contributed by atoms with Crippen molar-refractivity contribution in [3.05, 3.63) is 48.1 Å². The van der Waals surface area contributed by atoms with E-state index < -0.39 is 0 Å². The molecule has 11 nitrogen and oxygen atoms in total. The first-order valence-electron chi connectivity index (χ1n) is 10.7. The van der Waals surface area contributed by atoms with Gasteiger partial charge in [-0.25, -0.2) is 4.68 Å². The van der Waals surface area contributed by atoms with Gasteiger partial charge in [0.25, 0.3) is 0 Å². The molecule has 2 N–H and O–H groups in total. The Hall–Kier alpha value is -3.31. The molecule has 4 heterocycles. The average molecular weight is 441 g/mol. The quantitative estimate of drug-likeness (QED) is 0.355. The highest BCUT2D eigenvalue weighted by atomic mass is 16.5. The maximum atomic E-state index is 11.5. The topological polar surface area (TPSA) is 125 Å². The van der Waals surface area contributed by atoms with Crippen LogP contribution in [0.5, 0.6) is 0 Å². The summed E-state index contributed by atoms with van der Waals surface area (Å²) in [6.45, 7) is 7.62. The van der Waals surface area contributed by atoms with Gasteiger partial charge >= 0.3 is 0 Å². The van der Waals surface area contributed by atoms with Gasteiger partial charge in [0.1, 0.15) is 11.5 Å². The van der Waals surface area contributed by atoms with E-state index in [0.29, 0.717) is 36.9 Å². The molecule has 2 unspecified atom stereocenters. The van der Waals surface area contributed by atoms with Crippen LogP contribution in [0.15, 0.2) is 35.4 Å². The molecule has 1 amide bonds. The number of tetrazole rings is 1. The molecule has 0 bridgehead atoms. The van der Waals surface area contributed by atoms with Crippen molar-refractivity contribution in [1.29, 1.82) is 0 Å². The van der Waals surface area contributed by atoms with Crippen LogP contribution in [0.2, 0.25) is 0 Å². The van der Waals surface area contributed by atoms with Crippen molar-refractivity contribution in [2.75, 3.05) is 19.7 Å². The molecule has 32 heavy (non-hydrogen) atoms. The van der Waals surface area contributed by atoms with Crippen molar-refractivity contribution >= 4 is 5.91 Å². The van der Waals surface area contributed by atoms with E-state index in [1.807, 2.05) is 32.3 Å². The number of rotatable bonds is 10. The Morgan fingerprint density at radius 1 is 1.41 bits per heavy atom. The molecule has 1 saturated heterocycles. The molecule has 0 aliphatic carbocycles. The number of aryl methyl sites for hydroxylation is 2. The van der Waals surface area contributed by atoms with Crippen LogP contribution in [-0.4, -0.2) is 61.7 Å².